The van der Waals surface area contributed by atoms with Crippen molar-refractivity contribution in [2.75, 3.05) is 46.8 Å². The highest BCUT2D eigenvalue weighted by Gasteiger charge is 2.12. The van der Waals surface area contributed by atoms with Gasteiger partial charge in [0, 0.05) is 20.3 Å². The molecule has 0 aromatic heterocycles. The molecule has 0 amide bonds. The van der Waals surface area contributed by atoms with Gasteiger partial charge in [-0.15, -0.1) is 0 Å². The first-order chi connectivity index (χ1) is 8.85. The maximum atomic E-state index is 8.47. The number of hydrogen-bond acceptors (Lipinski definition) is 4. The van der Waals surface area contributed by atoms with Gasteiger partial charge in [-0.2, -0.15) is 0 Å². The molecule has 0 aromatic carbocycles. The largest absolute Gasteiger partial charge is 0.394 e. The molecule has 1 fully saturated rings. The fraction of sp³-hybridized carbons (Fsp3) is 1.00. The third-order valence-corrected chi connectivity index (χ3v) is 2.95. The van der Waals surface area contributed by atoms with Crippen LogP contribution in [0.4, 0.5) is 0 Å². The third-order valence-electron chi connectivity index (χ3n) is 2.95. The predicted molar refractivity (Wildman–Crippen MR) is 93.0 cm³/mol. The van der Waals surface area contributed by atoms with Crippen LogP contribution in [0.25, 0.3) is 0 Å². The molecule has 0 radical (unpaired) electrons. The second kappa shape index (κ2) is 24.8. The fourth-order valence-corrected chi connectivity index (χ4v) is 1.95. The van der Waals surface area contributed by atoms with Gasteiger partial charge in [0.2, 0.25) is 0 Å². The van der Waals surface area contributed by atoms with Crippen LogP contribution in [0.5, 0.6) is 0 Å². The minimum absolute atomic E-state index is 0. The van der Waals surface area contributed by atoms with Crippen LogP contribution in [0.15, 0.2) is 0 Å². The number of rotatable bonds is 8. The summed E-state index contributed by atoms with van der Waals surface area (Å²) in [6.45, 7) is 5.70. The summed E-state index contributed by atoms with van der Waals surface area (Å²) in [5, 5.41) is 8.47. The van der Waals surface area contributed by atoms with Gasteiger partial charge in [-0.05, 0) is 25.7 Å². The lowest BCUT2D eigenvalue weighted by Gasteiger charge is -2.20. The molecule has 21 heavy (non-hydrogen) atoms. The van der Waals surface area contributed by atoms with Crippen molar-refractivity contribution in [1.82, 2.24) is 0 Å². The van der Waals surface area contributed by atoms with Crippen LogP contribution < -0.4 is 0 Å². The van der Waals surface area contributed by atoms with Gasteiger partial charge >= 0.3 is 0 Å². The van der Waals surface area contributed by atoms with E-state index in [2.05, 4.69) is 0 Å². The maximum absolute atomic E-state index is 8.47. The van der Waals surface area contributed by atoms with E-state index in [-0.39, 0.29) is 28.9 Å². The highest BCUT2D eigenvalue weighted by molar-refractivity contribution is 4.64. The van der Waals surface area contributed by atoms with Crippen molar-refractivity contribution in [2.45, 2.75) is 61.3 Å². The summed E-state index contributed by atoms with van der Waals surface area (Å²) in [6.07, 6.45) is 6.79. The van der Waals surface area contributed by atoms with E-state index >= 15 is 0 Å². The lowest BCUT2D eigenvalue weighted by atomic mass is 9.90. The standard InChI is InChI=1S/C9H18O2.C5H12O2.3CH4/c10-6-7-11-8-9-4-2-1-3-5-9;1-3-7-5-4-6-2;;;/h9-10H,1-8H2;3-5H2,1-2H3;3*1H4. The predicted octanol–water partition coefficient (Wildman–Crippen LogP) is 4.15. The van der Waals surface area contributed by atoms with Gasteiger partial charge in [0.15, 0.2) is 0 Å². The lowest BCUT2D eigenvalue weighted by Crippen LogP contribution is -2.14. The average molecular weight is 311 g/mol. The van der Waals surface area contributed by atoms with Crippen molar-refractivity contribution in [3.63, 3.8) is 0 Å². The van der Waals surface area contributed by atoms with E-state index in [1.165, 1.54) is 32.1 Å². The highest BCUT2D eigenvalue weighted by Crippen LogP contribution is 2.23. The Morgan fingerprint density at radius 2 is 1.52 bits per heavy atom. The van der Waals surface area contributed by atoms with Crippen molar-refractivity contribution in [3.05, 3.63) is 0 Å². The van der Waals surface area contributed by atoms with E-state index in [1.807, 2.05) is 6.92 Å². The summed E-state index contributed by atoms with van der Waals surface area (Å²) >= 11 is 0. The molecule has 0 spiro atoms. The van der Waals surface area contributed by atoms with Crippen molar-refractivity contribution in [3.8, 4) is 0 Å². The van der Waals surface area contributed by atoms with Crippen LogP contribution in [-0.4, -0.2) is 51.9 Å². The Hall–Kier alpha value is -0.160. The van der Waals surface area contributed by atoms with Crippen LogP contribution in [-0.2, 0) is 14.2 Å². The summed E-state index contributed by atoms with van der Waals surface area (Å²) < 4.78 is 14.9. The Labute approximate surface area is 134 Å². The molecule has 0 aromatic rings. The van der Waals surface area contributed by atoms with E-state index in [1.54, 1.807) is 7.11 Å². The molecule has 134 valence electrons. The minimum atomic E-state index is 0. The van der Waals surface area contributed by atoms with Gasteiger partial charge in [-0.25, -0.2) is 0 Å². The van der Waals surface area contributed by atoms with Crippen molar-refractivity contribution >= 4 is 0 Å². The molecule has 0 aliphatic heterocycles. The molecule has 1 aliphatic rings. The number of aliphatic hydroxyl groups excluding tert-OH is 1. The molecular weight excluding hydrogens is 268 g/mol. The Morgan fingerprint density at radius 3 is 2.00 bits per heavy atom. The van der Waals surface area contributed by atoms with E-state index in [0.29, 0.717) is 19.8 Å². The van der Waals surface area contributed by atoms with Crippen molar-refractivity contribution in [2.24, 2.45) is 5.92 Å². The highest BCUT2D eigenvalue weighted by atomic mass is 16.5. The van der Waals surface area contributed by atoms with Crippen molar-refractivity contribution in [1.29, 1.82) is 0 Å². The van der Waals surface area contributed by atoms with E-state index < -0.39 is 0 Å². The maximum Gasteiger partial charge on any atom is 0.0700 e. The van der Waals surface area contributed by atoms with Gasteiger partial charge < -0.3 is 19.3 Å². The van der Waals surface area contributed by atoms with Crippen LogP contribution in [0, 0.1) is 5.92 Å². The summed E-state index contributed by atoms with van der Waals surface area (Å²) in [7, 11) is 1.67. The van der Waals surface area contributed by atoms with Gasteiger partial charge in [0.1, 0.15) is 0 Å². The molecule has 1 rings (SSSR count). The number of ether oxygens (including phenoxy) is 3. The molecule has 1 N–H and O–H groups in total. The van der Waals surface area contributed by atoms with Crippen LogP contribution in [0.2, 0.25) is 0 Å². The van der Waals surface area contributed by atoms with Gasteiger partial charge in [0.25, 0.3) is 0 Å². The first-order valence-corrected chi connectivity index (χ1v) is 7.10. The zero-order valence-electron chi connectivity index (χ0n) is 12.0. The number of hydrogen-bond donors (Lipinski definition) is 1. The summed E-state index contributed by atoms with van der Waals surface area (Å²) in [5.74, 6) is 0.773. The quantitative estimate of drug-likeness (QED) is 0.684. The molecule has 4 nitrogen and oxygen atoms in total. The topological polar surface area (TPSA) is 47.9 Å². The molecule has 4 heteroatoms. The first-order valence-electron chi connectivity index (χ1n) is 7.10. The molecule has 1 saturated carbocycles. The van der Waals surface area contributed by atoms with E-state index in [4.69, 9.17) is 19.3 Å². The van der Waals surface area contributed by atoms with Crippen molar-refractivity contribution < 1.29 is 19.3 Å². The molecule has 0 unspecified atom stereocenters. The molecule has 1 aliphatic carbocycles. The summed E-state index contributed by atoms with van der Waals surface area (Å²) in [6, 6.07) is 0. The minimum Gasteiger partial charge on any atom is -0.394 e. The zero-order chi connectivity index (χ0) is 13.5. The van der Waals surface area contributed by atoms with Crippen LogP contribution in [0.3, 0.4) is 0 Å². The normalized spacial score (nSPS) is 13.9. The second-order valence-electron chi connectivity index (χ2n) is 4.49. The van der Waals surface area contributed by atoms with E-state index in [9.17, 15) is 0 Å². The summed E-state index contributed by atoms with van der Waals surface area (Å²) in [4.78, 5) is 0. The second-order valence-corrected chi connectivity index (χ2v) is 4.49. The zero-order valence-corrected chi connectivity index (χ0v) is 12.0. The molecular formula is C17H42O4. The Bertz CT molecular complexity index is 144. The van der Waals surface area contributed by atoms with E-state index in [0.717, 1.165) is 19.1 Å². The number of aliphatic hydroxyl groups is 1. The van der Waals surface area contributed by atoms with Crippen LogP contribution in [0.1, 0.15) is 61.3 Å². The fourth-order valence-electron chi connectivity index (χ4n) is 1.95. The smallest absolute Gasteiger partial charge is 0.0700 e. The molecule has 0 saturated heterocycles. The molecule has 0 atom stereocenters. The molecule has 0 heterocycles. The number of methoxy groups -OCH3 is 1. The average Bonchev–Trinajstić information content (AvgIpc) is 2.42. The summed E-state index contributed by atoms with van der Waals surface area (Å²) in [5.41, 5.74) is 0. The van der Waals surface area contributed by atoms with Gasteiger partial charge in [-0.3, -0.25) is 0 Å². The Morgan fingerprint density at radius 1 is 0.905 bits per heavy atom. The van der Waals surface area contributed by atoms with Crippen LogP contribution >= 0.6 is 0 Å². The third kappa shape index (κ3) is 22.3. The van der Waals surface area contributed by atoms with Gasteiger partial charge in [0.05, 0.1) is 26.4 Å². The Balaban J connectivity index is -0.000000130. The first kappa shape index (κ1) is 28.9. The monoisotopic (exact) mass is 310 g/mol. The lowest BCUT2D eigenvalue weighted by molar-refractivity contribution is 0.0580. The SMILES string of the molecule is C.C.C.CCOCCOC.OCCOCC1CCCCC1. The Kier molecular flexibility index (Phi) is 34.2. The molecule has 0 bridgehead atoms. The van der Waals surface area contributed by atoms with Gasteiger partial charge in [-0.1, -0.05) is 41.5 Å².